The lowest BCUT2D eigenvalue weighted by Crippen LogP contribution is -2.45. The Bertz CT molecular complexity index is 332. The van der Waals surface area contributed by atoms with Gasteiger partial charge in [0.25, 0.3) is 0 Å². The molecule has 0 unspecified atom stereocenters. The van der Waals surface area contributed by atoms with E-state index in [0.717, 1.165) is 0 Å². The molecule has 116 valence electrons. The largest absolute Gasteiger partial charge is 0.465 e. The maximum absolute atomic E-state index is 11.7. The molecule has 0 aliphatic heterocycles. The first-order valence-electron chi connectivity index (χ1n) is 6.77. The van der Waals surface area contributed by atoms with E-state index in [1.54, 1.807) is 11.8 Å². The van der Waals surface area contributed by atoms with Crippen molar-refractivity contribution in [1.82, 2.24) is 15.5 Å². The van der Waals surface area contributed by atoms with Crippen LogP contribution in [0.1, 0.15) is 27.7 Å². The molecule has 0 heterocycles. The number of carbonyl (C=O) groups excluding carboxylic acids is 3. The molecule has 0 atom stereocenters. The van der Waals surface area contributed by atoms with Crippen molar-refractivity contribution >= 4 is 17.8 Å². The summed E-state index contributed by atoms with van der Waals surface area (Å²) >= 11 is 0. The van der Waals surface area contributed by atoms with Crippen LogP contribution in [0.4, 0.5) is 0 Å². The van der Waals surface area contributed by atoms with Crippen LogP contribution in [-0.4, -0.2) is 61.5 Å². The third kappa shape index (κ3) is 9.32. The molecule has 0 aromatic heterocycles. The van der Waals surface area contributed by atoms with Crippen molar-refractivity contribution in [1.29, 1.82) is 0 Å². The maximum atomic E-state index is 11.7. The third-order valence-corrected chi connectivity index (χ3v) is 2.54. The Labute approximate surface area is 120 Å². The Morgan fingerprint density at radius 3 is 2.20 bits per heavy atom. The van der Waals surface area contributed by atoms with Crippen molar-refractivity contribution in [2.75, 3.05) is 32.8 Å². The number of nitrogens with zero attached hydrogens (tertiary/aromatic N) is 1. The average Bonchev–Trinajstić information content (AvgIpc) is 2.33. The van der Waals surface area contributed by atoms with Gasteiger partial charge in [-0.05, 0) is 20.8 Å². The number of hydrogen-bond donors (Lipinski definition) is 2. The van der Waals surface area contributed by atoms with Crippen LogP contribution in [0.25, 0.3) is 0 Å². The fraction of sp³-hybridized carbons (Fsp3) is 0.769. The lowest BCUT2D eigenvalue weighted by Gasteiger charge is -2.24. The Hall–Kier alpha value is -1.63. The lowest BCUT2D eigenvalue weighted by molar-refractivity contribution is -0.145. The van der Waals surface area contributed by atoms with Crippen LogP contribution in [-0.2, 0) is 19.1 Å². The highest BCUT2D eigenvalue weighted by Gasteiger charge is 2.17. The first-order valence-corrected chi connectivity index (χ1v) is 6.77. The number of amides is 2. The predicted octanol–water partition coefficient (Wildman–Crippen LogP) is -0.488. The van der Waals surface area contributed by atoms with Crippen molar-refractivity contribution in [3.05, 3.63) is 0 Å². The van der Waals surface area contributed by atoms with Gasteiger partial charge in [0.15, 0.2) is 0 Å². The lowest BCUT2D eigenvalue weighted by atomic mass is 10.3. The molecule has 0 radical (unpaired) electrons. The topological polar surface area (TPSA) is 87.7 Å². The molecular formula is C13H25N3O4. The average molecular weight is 287 g/mol. The molecule has 0 aliphatic rings. The molecule has 2 N–H and O–H groups in total. The summed E-state index contributed by atoms with van der Waals surface area (Å²) in [7, 11) is 0. The predicted molar refractivity (Wildman–Crippen MR) is 75.0 cm³/mol. The van der Waals surface area contributed by atoms with Gasteiger partial charge in [0.1, 0.15) is 0 Å². The van der Waals surface area contributed by atoms with Gasteiger partial charge in [0.05, 0.1) is 19.7 Å². The molecule has 0 aromatic rings. The number of ether oxygens (including phenoxy) is 1. The molecule has 7 nitrogen and oxygen atoms in total. The van der Waals surface area contributed by atoms with E-state index in [9.17, 15) is 14.4 Å². The van der Waals surface area contributed by atoms with E-state index >= 15 is 0 Å². The first kappa shape index (κ1) is 18.4. The first-order chi connectivity index (χ1) is 9.36. The molecule has 0 fully saturated rings. The van der Waals surface area contributed by atoms with Crippen molar-refractivity contribution < 1.29 is 19.1 Å². The Morgan fingerprint density at radius 1 is 1.10 bits per heavy atom. The van der Waals surface area contributed by atoms with Crippen LogP contribution in [0.5, 0.6) is 0 Å². The van der Waals surface area contributed by atoms with Crippen LogP contribution in [0.2, 0.25) is 0 Å². The number of rotatable bonds is 9. The fourth-order valence-electron chi connectivity index (χ4n) is 1.47. The van der Waals surface area contributed by atoms with Crippen molar-refractivity contribution in [2.45, 2.75) is 33.7 Å². The number of esters is 1. The molecule has 0 rings (SSSR count). The standard InChI is InChI=1S/C13H25N3O4/c1-5-20-13(19)9-16(10(2)3)8-12(18)15-7-6-14-11(4)17/h10H,5-9H2,1-4H3,(H,14,17)(H,15,18). The molecule has 7 heteroatoms. The molecule has 2 amide bonds. The van der Waals surface area contributed by atoms with E-state index in [1.807, 2.05) is 13.8 Å². The summed E-state index contributed by atoms with van der Waals surface area (Å²) in [5.74, 6) is -0.661. The Morgan fingerprint density at radius 2 is 1.70 bits per heavy atom. The second-order valence-electron chi connectivity index (χ2n) is 4.64. The summed E-state index contributed by atoms with van der Waals surface area (Å²) in [4.78, 5) is 35.5. The van der Waals surface area contributed by atoms with Crippen LogP contribution in [0.15, 0.2) is 0 Å². The highest BCUT2D eigenvalue weighted by atomic mass is 16.5. The minimum Gasteiger partial charge on any atom is -0.465 e. The Kier molecular flexibility index (Phi) is 9.36. The van der Waals surface area contributed by atoms with Gasteiger partial charge in [0, 0.05) is 26.1 Å². The summed E-state index contributed by atoms with van der Waals surface area (Å²) in [6, 6.07) is 0.0560. The van der Waals surface area contributed by atoms with E-state index in [2.05, 4.69) is 10.6 Å². The van der Waals surface area contributed by atoms with Gasteiger partial charge in [-0.25, -0.2) is 0 Å². The third-order valence-electron chi connectivity index (χ3n) is 2.54. The monoisotopic (exact) mass is 287 g/mol. The van der Waals surface area contributed by atoms with E-state index in [-0.39, 0.29) is 36.9 Å². The minimum atomic E-state index is -0.341. The van der Waals surface area contributed by atoms with Gasteiger partial charge >= 0.3 is 5.97 Å². The van der Waals surface area contributed by atoms with Gasteiger partial charge in [-0.2, -0.15) is 0 Å². The number of carbonyl (C=O) groups is 3. The van der Waals surface area contributed by atoms with E-state index in [1.165, 1.54) is 6.92 Å². The summed E-state index contributed by atoms with van der Waals surface area (Å²) < 4.78 is 4.87. The van der Waals surface area contributed by atoms with Gasteiger partial charge in [-0.3, -0.25) is 19.3 Å². The van der Waals surface area contributed by atoms with Gasteiger partial charge in [-0.1, -0.05) is 0 Å². The van der Waals surface area contributed by atoms with Crippen molar-refractivity contribution in [3.63, 3.8) is 0 Å². The molecule has 0 aromatic carbocycles. The second-order valence-corrected chi connectivity index (χ2v) is 4.64. The zero-order valence-electron chi connectivity index (χ0n) is 12.7. The van der Waals surface area contributed by atoms with E-state index < -0.39 is 0 Å². The molecule has 0 bridgehead atoms. The minimum absolute atomic E-state index is 0.0560. The van der Waals surface area contributed by atoms with Crippen molar-refractivity contribution in [2.24, 2.45) is 0 Å². The zero-order valence-corrected chi connectivity index (χ0v) is 12.7. The van der Waals surface area contributed by atoms with Crippen LogP contribution in [0, 0.1) is 0 Å². The molecule has 0 spiro atoms. The highest BCUT2D eigenvalue weighted by molar-refractivity contribution is 5.79. The second kappa shape index (κ2) is 10.2. The molecular weight excluding hydrogens is 262 g/mol. The van der Waals surface area contributed by atoms with Gasteiger partial charge in [-0.15, -0.1) is 0 Å². The highest BCUT2D eigenvalue weighted by Crippen LogP contribution is 1.98. The number of nitrogens with one attached hydrogen (secondary N) is 2. The van der Waals surface area contributed by atoms with Crippen LogP contribution >= 0.6 is 0 Å². The molecule has 0 saturated carbocycles. The van der Waals surface area contributed by atoms with Gasteiger partial charge < -0.3 is 15.4 Å². The summed E-state index contributed by atoms with van der Waals surface area (Å²) in [6.07, 6.45) is 0. The zero-order chi connectivity index (χ0) is 15.5. The van der Waals surface area contributed by atoms with Crippen molar-refractivity contribution in [3.8, 4) is 0 Å². The maximum Gasteiger partial charge on any atom is 0.320 e. The molecule has 20 heavy (non-hydrogen) atoms. The summed E-state index contributed by atoms with van der Waals surface area (Å²) in [6.45, 7) is 8.26. The van der Waals surface area contributed by atoms with Crippen LogP contribution < -0.4 is 10.6 Å². The quantitative estimate of drug-likeness (QED) is 0.441. The van der Waals surface area contributed by atoms with Gasteiger partial charge in [0.2, 0.25) is 11.8 Å². The summed E-state index contributed by atoms with van der Waals surface area (Å²) in [5, 5.41) is 5.27. The van der Waals surface area contributed by atoms with Crippen LogP contribution in [0.3, 0.4) is 0 Å². The fourth-order valence-corrected chi connectivity index (χ4v) is 1.47. The SMILES string of the molecule is CCOC(=O)CN(CC(=O)NCCNC(C)=O)C(C)C. The molecule has 0 saturated heterocycles. The van der Waals surface area contributed by atoms with E-state index in [0.29, 0.717) is 19.7 Å². The normalized spacial score (nSPS) is 10.5. The number of hydrogen-bond acceptors (Lipinski definition) is 5. The smallest absolute Gasteiger partial charge is 0.320 e. The van der Waals surface area contributed by atoms with E-state index in [4.69, 9.17) is 4.74 Å². The Balaban J connectivity index is 4.07. The summed E-state index contributed by atoms with van der Waals surface area (Å²) in [5.41, 5.74) is 0. The molecule has 0 aliphatic carbocycles.